The van der Waals surface area contributed by atoms with Gasteiger partial charge in [0.25, 0.3) is 0 Å². The number of rotatable bonds is 2. The minimum Gasteiger partial charge on any atom is -0.480 e. The molecule has 0 atom stereocenters. The maximum Gasteiger partial charge on any atom is 0.235 e. The average Bonchev–Trinajstić information content (AvgIpc) is 2.61. The maximum atomic E-state index is 5.14. The zero-order chi connectivity index (χ0) is 10.8. The van der Waals surface area contributed by atoms with Crippen molar-refractivity contribution in [3.05, 3.63) is 41.6 Å². The van der Waals surface area contributed by atoms with Gasteiger partial charge in [0.15, 0.2) is 0 Å². The van der Waals surface area contributed by atoms with Gasteiger partial charge in [-0.2, -0.15) is 0 Å². The van der Waals surface area contributed by atoms with Crippen molar-refractivity contribution in [2.75, 3.05) is 7.11 Å². The van der Waals surface area contributed by atoms with Crippen LogP contribution in [0.25, 0.3) is 5.69 Å². The fourth-order valence-electron chi connectivity index (χ4n) is 1.48. The van der Waals surface area contributed by atoms with Gasteiger partial charge in [0.2, 0.25) is 5.88 Å². The molecule has 1 aromatic carbocycles. The van der Waals surface area contributed by atoms with Crippen LogP contribution in [0.3, 0.4) is 0 Å². The Balaban J connectivity index is 2.41. The molecule has 0 radical (unpaired) electrons. The van der Waals surface area contributed by atoms with Crippen LogP contribution < -0.4 is 4.74 Å². The predicted molar refractivity (Wildman–Crippen MR) is 59.6 cm³/mol. The number of hydrogen-bond donors (Lipinski definition) is 0. The van der Waals surface area contributed by atoms with Crippen LogP contribution in [0.15, 0.2) is 30.5 Å². The van der Waals surface area contributed by atoms with E-state index in [0.29, 0.717) is 5.88 Å². The summed E-state index contributed by atoms with van der Waals surface area (Å²) in [6.45, 7) is 4.05. The average molecular weight is 202 g/mol. The fraction of sp³-hybridized carbons (Fsp3) is 0.250. The Kier molecular flexibility index (Phi) is 2.46. The smallest absolute Gasteiger partial charge is 0.235 e. The molecule has 0 saturated carbocycles. The molecule has 0 amide bonds. The number of aryl methyl sites for hydroxylation is 2. The quantitative estimate of drug-likeness (QED) is 0.748. The second-order valence-corrected chi connectivity index (χ2v) is 3.60. The van der Waals surface area contributed by atoms with Crippen molar-refractivity contribution in [3.8, 4) is 11.6 Å². The van der Waals surface area contributed by atoms with E-state index < -0.39 is 0 Å². The van der Waals surface area contributed by atoms with Crippen LogP contribution in [0, 0.1) is 13.8 Å². The highest BCUT2D eigenvalue weighted by Gasteiger charge is 2.05. The van der Waals surface area contributed by atoms with Crippen LogP contribution in [0.2, 0.25) is 0 Å². The molecular formula is C12H14N2O. The first-order valence-corrected chi connectivity index (χ1v) is 4.88. The molecule has 0 N–H and O–H groups in total. The Morgan fingerprint density at radius 2 is 1.80 bits per heavy atom. The van der Waals surface area contributed by atoms with Gasteiger partial charge in [0.05, 0.1) is 12.8 Å². The van der Waals surface area contributed by atoms with E-state index in [1.54, 1.807) is 7.11 Å². The van der Waals surface area contributed by atoms with Crippen LogP contribution in [-0.2, 0) is 0 Å². The molecule has 15 heavy (non-hydrogen) atoms. The first-order chi connectivity index (χ1) is 7.20. The van der Waals surface area contributed by atoms with E-state index in [2.05, 4.69) is 24.2 Å². The molecule has 0 spiro atoms. The summed E-state index contributed by atoms with van der Waals surface area (Å²) in [6, 6.07) is 8.22. The van der Waals surface area contributed by atoms with E-state index in [0.717, 1.165) is 11.3 Å². The number of ether oxygens (including phenoxy) is 1. The summed E-state index contributed by atoms with van der Waals surface area (Å²) in [5.41, 5.74) is 3.33. The van der Waals surface area contributed by atoms with Gasteiger partial charge in [-0.15, -0.1) is 5.10 Å². The lowest BCUT2D eigenvalue weighted by molar-refractivity contribution is 0.391. The molecular weight excluding hydrogens is 188 g/mol. The fourth-order valence-corrected chi connectivity index (χ4v) is 1.48. The maximum absolute atomic E-state index is 5.14. The third-order valence-corrected chi connectivity index (χ3v) is 2.34. The Morgan fingerprint density at radius 3 is 2.33 bits per heavy atom. The van der Waals surface area contributed by atoms with Gasteiger partial charge < -0.3 is 4.74 Å². The highest BCUT2D eigenvalue weighted by Crippen LogP contribution is 2.17. The Hall–Kier alpha value is -1.77. The van der Waals surface area contributed by atoms with Crippen LogP contribution >= 0.6 is 0 Å². The number of nitrogens with zero attached hydrogens (tertiary/aromatic N) is 2. The summed E-state index contributed by atoms with van der Waals surface area (Å²) in [6.07, 6.45) is 1.96. The summed E-state index contributed by atoms with van der Waals surface area (Å²) < 4.78 is 6.97. The standard InChI is InChI=1S/C12H14N2O/c1-9-4-6-11(7-5-9)14-8-10(2)12(13-14)15-3/h4-8H,1-3H3. The third kappa shape index (κ3) is 1.86. The van der Waals surface area contributed by atoms with Crippen LogP contribution in [0.5, 0.6) is 5.88 Å². The molecule has 3 nitrogen and oxygen atoms in total. The number of methoxy groups -OCH3 is 1. The summed E-state index contributed by atoms with van der Waals surface area (Å²) >= 11 is 0. The summed E-state index contributed by atoms with van der Waals surface area (Å²) in [5.74, 6) is 0.676. The molecule has 2 aromatic rings. The molecule has 0 bridgehead atoms. The van der Waals surface area contributed by atoms with Crippen molar-refractivity contribution in [1.29, 1.82) is 0 Å². The van der Waals surface area contributed by atoms with Gasteiger partial charge in [-0.05, 0) is 26.0 Å². The molecule has 0 aliphatic heterocycles. The van der Waals surface area contributed by atoms with Gasteiger partial charge in [-0.25, -0.2) is 4.68 Å². The van der Waals surface area contributed by atoms with Crippen molar-refractivity contribution in [1.82, 2.24) is 9.78 Å². The highest BCUT2D eigenvalue weighted by molar-refractivity contribution is 5.36. The summed E-state index contributed by atoms with van der Waals surface area (Å²) in [5, 5.41) is 4.32. The second kappa shape index (κ2) is 3.77. The van der Waals surface area contributed by atoms with E-state index in [4.69, 9.17) is 4.74 Å². The van der Waals surface area contributed by atoms with E-state index >= 15 is 0 Å². The third-order valence-electron chi connectivity index (χ3n) is 2.34. The SMILES string of the molecule is COc1nn(-c2ccc(C)cc2)cc1C. The molecule has 0 fully saturated rings. The normalized spacial score (nSPS) is 10.3. The molecule has 1 aromatic heterocycles. The molecule has 1 heterocycles. The van der Waals surface area contributed by atoms with E-state index in [1.165, 1.54) is 5.56 Å². The largest absolute Gasteiger partial charge is 0.480 e. The molecule has 2 rings (SSSR count). The topological polar surface area (TPSA) is 27.1 Å². The zero-order valence-corrected chi connectivity index (χ0v) is 9.19. The molecule has 0 saturated heterocycles. The monoisotopic (exact) mass is 202 g/mol. The van der Waals surface area contributed by atoms with Crippen molar-refractivity contribution >= 4 is 0 Å². The summed E-state index contributed by atoms with van der Waals surface area (Å²) in [4.78, 5) is 0. The molecule has 0 aliphatic carbocycles. The molecule has 3 heteroatoms. The second-order valence-electron chi connectivity index (χ2n) is 3.60. The number of aromatic nitrogens is 2. The van der Waals surface area contributed by atoms with Crippen molar-refractivity contribution in [3.63, 3.8) is 0 Å². The van der Waals surface area contributed by atoms with Gasteiger partial charge in [0, 0.05) is 11.8 Å². The van der Waals surface area contributed by atoms with E-state index in [9.17, 15) is 0 Å². The molecule has 0 aliphatic rings. The lowest BCUT2D eigenvalue weighted by Gasteiger charge is -2.00. The van der Waals surface area contributed by atoms with Crippen LogP contribution in [0.4, 0.5) is 0 Å². The Labute approximate surface area is 89.3 Å². The number of benzene rings is 1. The Morgan fingerprint density at radius 1 is 1.13 bits per heavy atom. The minimum atomic E-state index is 0.676. The van der Waals surface area contributed by atoms with Gasteiger partial charge in [0.1, 0.15) is 0 Å². The van der Waals surface area contributed by atoms with Gasteiger partial charge in [-0.3, -0.25) is 0 Å². The highest BCUT2D eigenvalue weighted by atomic mass is 16.5. The van der Waals surface area contributed by atoms with Crippen LogP contribution in [-0.4, -0.2) is 16.9 Å². The van der Waals surface area contributed by atoms with Gasteiger partial charge in [-0.1, -0.05) is 17.7 Å². The minimum absolute atomic E-state index is 0.676. The predicted octanol–water partition coefficient (Wildman–Crippen LogP) is 2.50. The van der Waals surface area contributed by atoms with E-state index in [1.807, 2.05) is 29.9 Å². The van der Waals surface area contributed by atoms with E-state index in [-0.39, 0.29) is 0 Å². The Bertz CT molecular complexity index is 457. The summed E-state index contributed by atoms with van der Waals surface area (Å²) in [7, 11) is 1.63. The first kappa shape index (κ1) is 9.77. The first-order valence-electron chi connectivity index (χ1n) is 4.88. The van der Waals surface area contributed by atoms with Crippen molar-refractivity contribution in [2.24, 2.45) is 0 Å². The van der Waals surface area contributed by atoms with Crippen molar-refractivity contribution in [2.45, 2.75) is 13.8 Å². The lowest BCUT2D eigenvalue weighted by Crippen LogP contribution is -1.94. The lowest BCUT2D eigenvalue weighted by atomic mass is 10.2. The van der Waals surface area contributed by atoms with Crippen LogP contribution in [0.1, 0.15) is 11.1 Å². The molecule has 78 valence electrons. The number of hydrogen-bond acceptors (Lipinski definition) is 2. The zero-order valence-electron chi connectivity index (χ0n) is 9.19. The van der Waals surface area contributed by atoms with Crippen molar-refractivity contribution < 1.29 is 4.74 Å². The molecule has 0 unspecified atom stereocenters. The van der Waals surface area contributed by atoms with Gasteiger partial charge >= 0.3 is 0 Å².